The summed E-state index contributed by atoms with van der Waals surface area (Å²) in [5, 5.41) is 10.1. The molecule has 1 amide bonds. The van der Waals surface area contributed by atoms with Gasteiger partial charge in [0.15, 0.2) is 0 Å². The lowest BCUT2D eigenvalue weighted by atomic mass is 9.71. The number of rotatable bonds is 6. The number of halogens is 1. The zero-order valence-electron chi connectivity index (χ0n) is 16.7. The Hall–Kier alpha value is -2.44. The number of likely N-dealkylation sites (N-methyl/N-ethyl adjacent to an activating group) is 1. The van der Waals surface area contributed by atoms with Gasteiger partial charge in [-0.2, -0.15) is 0 Å². The molecule has 2 bridgehead atoms. The van der Waals surface area contributed by atoms with Crippen LogP contribution < -0.4 is 5.73 Å². The summed E-state index contributed by atoms with van der Waals surface area (Å²) in [7, 11) is 2.14. The molecule has 0 saturated carbocycles. The van der Waals surface area contributed by atoms with Crippen LogP contribution in [0.25, 0.3) is 0 Å². The van der Waals surface area contributed by atoms with E-state index in [-0.39, 0.29) is 36.0 Å². The number of hydrogen-bond acceptors (Lipinski definition) is 4. The van der Waals surface area contributed by atoms with E-state index in [1.807, 2.05) is 12.1 Å². The molecule has 2 aliphatic rings. The first-order valence-corrected chi connectivity index (χ1v) is 10.2. The minimum absolute atomic E-state index is 0.149. The SMILES string of the molecule is CN1CCC2c3cc(O)ccc3CC1C2N(CCc1ccc(F)cc1)CC(N)=O. The first-order valence-electron chi connectivity index (χ1n) is 10.2. The Morgan fingerprint density at radius 3 is 2.76 bits per heavy atom. The normalized spacial score (nSPS) is 23.8. The van der Waals surface area contributed by atoms with Gasteiger partial charge in [-0.1, -0.05) is 18.2 Å². The van der Waals surface area contributed by atoms with Crippen LogP contribution in [0.4, 0.5) is 4.39 Å². The van der Waals surface area contributed by atoms with Gasteiger partial charge in [0.2, 0.25) is 5.91 Å². The van der Waals surface area contributed by atoms with E-state index >= 15 is 0 Å². The average Bonchev–Trinajstić information content (AvgIpc) is 2.69. The third-order valence-corrected chi connectivity index (χ3v) is 6.50. The highest BCUT2D eigenvalue weighted by atomic mass is 19.1. The van der Waals surface area contributed by atoms with Gasteiger partial charge in [0.05, 0.1) is 6.54 Å². The molecular formula is C23H28FN3O2. The molecule has 154 valence electrons. The van der Waals surface area contributed by atoms with Crippen LogP contribution in [0.1, 0.15) is 29.0 Å². The number of hydrogen-bond donors (Lipinski definition) is 2. The third kappa shape index (κ3) is 4.14. The fourth-order valence-corrected chi connectivity index (χ4v) is 5.12. The van der Waals surface area contributed by atoms with Gasteiger partial charge >= 0.3 is 0 Å². The molecule has 3 unspecified atom stereocenters. The monoisotopic (exact) mass is 397 g/mol. The number of nitrogens with two attached hydrogens (primary N) is 1. The van der Waals surface area contributed by atoms with Crippen LogP contribution in [0.3, 0.4) is 0 Å². The van der Waals surface area contributed by atoms with Crippen molar-refractivity contribution in [2.75, 3.05) is 26.7 Å². The van der Waals surface area contributed by atoms with Crippen molar-refractivity contribution in [1.29, 1.82) is 0 Å². The fourth-order valence-electron chi connectivity index (χ4n) is 5.12. The third-order valence-electron chi connectivity index (χ3n) is 6.50. The lowest BCUT2D eigenvalue weighted by Crippen LogP contribution is -2.61. The molecule has 1 fully saturated rings. The number of carbonyl (C=O) groups is 1. The highest BCUT2D eigenvalue weighted by molar-refractivity contribution is 5.76. The number of phenolic OH excluding ortho intramolecular Hbond substituents is 1. The molecule has 2 aromatic carbocycles. The number of amides is 1. The van der Waals surface area contributed by atoms with E-state index < -0.39 is 0 Å². The first kappa shape index (κ1) is 19.9. The van der Waals surface area contributed by atoms with Crippen LogP contribution in [0.2, 0.25) is 0 Å². The van der Waals surface area contributed by atoms with Crippen molar-refractivity contribution in [2.45, 2.75) is 37.3 Å². The summed E-state index contributed by atoms with van der Waals surface area (Å²) in [5.74, 6) is -0.0543. The molecule has 1 aliphatic carbocycles. The van der Waals surface area contributed by atoms with Crippen LogP contribution in [-0.2, 0) is 17.6 Å². The Balaban J connectivity index is 1.63. The lowest BCUT2D eigenvalue weighted by Gasteiger charge is -2.52. The van der Waals surface area contributed by atoms with Crippen molar-refractivity contribution in [2.24, 2.45) is 5.73 Å². The number of primary amides is 1. The minimum atomic E-state index is -0.341. The molecule has 5 nitrogen and oxygen atoms in total. The van der Waals surface area contributed by atoms with Crippen molar-refractivity contribution in [1.82, 2.24) is 9.80 Å². The molecule has 0 spiro atoms. The molecule has 3 atom stereocenters. The Bertz CT molecular complexity index is 886. The second-order valence-corrected chi connectivity index (χ2v) is 8.33. The Labute approximate surface area is 170 Å². The number of phenols is 1. The van der Waals surface area contributed by atoms with Crippen molar-refractivity contribution in [3.05, 3.63) is 65.0 Å². The van der Waals surface area contributed by atoms with Crippen molar-refractivity contribution in [3.8, 4) is 5.75 Å². The largest absolute Gasteiger partial charge is 0.508 e. The van der Waals surface area contributed by atoms with Crippen LogP contribution >= 0.6 is 0 Å². The Kier molecular flexibility index (Phi) is 5.56. The number of fused-ring (bicyclic) bond motifs is 4. The molecule has 2 aromatic rings. The Morgan fingerprint density at radius 1 is 1.28 bits per heavy atom. The Morgan fingerprint density at radius 2 is 2.03 bits per heavy atom. The predicted octanol–water partition coefficient (Wildman–Crippen LogP) is 2.27. The number of aromatic hydroxyl groups is 1. The second kappa shape index (κ2) is 8.13. The van der Waals surface area contributed by atoms with E-state index in [0.29, 0.717) is 12.6 Å². The maximum atomic E-state index is 13.2. The number of benzene rings is 2. The number of likely N-dealkylation sites (tertiary alicyclic amines) is 1. The molecule has 6 heteroatoms. The van der Waals surface area contributed by atoms with Gasteiger partial charge in [-0.3, -0.25) is 9.69 Å². The number of piperidine rings is 1. The number of nitrogens with zero attached hydrogens (tertiary/aromatic N) is 2. The van der Waals surface area contributed by atoms with Gasteiger partial charge in [-0.15, -0.1) is 0 Å². The topological polar surface area (TPSA) is 69.8 Å². The quantitative estimate of drug-likeness (QED) is 0.785. The maximum absolute atomic E-state index is 13.2. The van der Waals surface area contributed by atoms with Gasteiger partial charge in [-0.25, -0.2) is 4.39 Å². The lowest BCUT2D eigenvalue weighted by molar-refractivity contribution is -0.120. The van der Waals surface area contributed by atoms with Crippen LogP contribution in [0, 0.1) is 5.82 Å². The summed E-state index contributed by atoms with van der Waals surface area (Å²) in [6.07, 6.45) is 2.58. The molecule has 3 N–H and O–H groups in total. The summed E-state index contributed by atoms with van der Waals surface area (Å²) in [6, 6.07) is 12.6. The van der Waals surface area contributed by atoms with E-state index in [1.165, 1.54) is 23.3 Å². The maximum Gasteiger partial charge on any atom is 0.231 e. The summed E-state index contributed by atoms with van der Waals surface area (Å²) in [4.78, 5) is 16.5. The van der Waals surface area contributed by atoms with Gasteiger partial charge in [0.1, 0.15) is 11.6 Å². The molecule has 29 heavy (non-hydrogen) atoms. The summed E-state index contributed by atoms with van der Waals surface area (Å²) < 4.78 is 13.2. The summed E-state index contributed by atoms with van der Waals surface area (Å²) in [6.45, 7) is 1.86. The highest BCUT2D eigenvalue weighted by Gasteiger charge is 2.45. The average molecular weight is 397 g/mol. The summed E-state index contributed by atoms with van der Waals surface area (Å²) >= 11 is 0. The molecule has 0 aromatic heterocycles. The van der Waals surface area contributed by atoms with Crippen LogP contribution in [-0.4, -0.2) is 59.6 Å². The van der Waals surface area contributed by atoms with Crippen molar-refractivity contribution >= 4 is 5.91 Å². The number of carbonyl (C=O) groups excluding carboxylic acids is 1. The van der Waals surface area contributed by atoms with E-state index in [1.54, 1.807) is 18.2 Å². The van der Waals surface area contributed by atoms with Gasteiger partial charge in [-0.05, 0) is 73.8 Å². The van der Waals surface area contributed by atoms with Crippen LogP contribution in [0.5, 0.6) is 5.75 Å². The smallest absolute Gasteiger partial charge is 0.231 e. The molecule has 1 heterocycles. The second-order valence-electron chi connectivity index (χ2n) is 8.33. The first-order chi connectivity index (χ1) is 13.9. The van der Waals surface area contributed by atoms with Gasteiger partial charge < -0.3 is 15.7 Å². The highest BCUT2D eigenvalue weighted by Crippen LogP contribution is 2.43. The minimum Gasteiger partial charge on any atom is -0.508 e. The fraction of sp³-hybridized carbons (Fsp3) is 0.435. The molecular weight excluding hydrogens is 369 g/mol. The summed E-state index contributed by atoms with van der Waals surface area (Å²) in [5.41, 5.74) is 9.11. The van der Waals surface area contributed by atoms with E-state index in [0.717, 1.165) is 31.4 Å². The van der Waals surface area contributed by atoms with E-state index in [9.17, 15) is 14.3 Å². The van der Waals surface area contributed by atoms with E-state index in [2.05, 4.69) is 16.8 Å². The molecule has 0 radical (unpaired) electrons. The van der Waals surface area contributed by atoms with Crippen LogP contribution in [0.15, 0.2) is 42.5 Å². The van der Waals surface area contributed by atoms with Gasteiger partial charge in [0, 0.05) is 24.5 Å². The predicted molar refractivity (Wildman–Crippen MR) is 110 cm³/mol. The zero-order valence-corrected chi connectivity index (χ0v) is 16.7. The van der Waals surface area contributed by atoms with E-state index in [4.69, 9.17) is 5.73 Å². The zero-order chi connectivity index (χ0) is 20.5. The molecule has 1 aliphatic heterocycles. The standard InChI is InChI=1S/C23H28FN3O2/c1-26-10-9-19-20-13-18(28)7-4-16(20)12-21(26)23(19)27(14-22(25)29)11-8-15-2-5-17(24)6-3-15/h2-7,13,19,21,23,28H,8-12,14H2,1H3,(H2,25,29). The van der Waals surface area contributed by atoms with Gasteiger partial charge in [0.25, 0.3) is 0 Å². The van der Waals surface area contributed by atoms with Crippen molar-refractivity contribution in [3.63, 3.8) is 0 Å². The molecule has 4 rings (SSSR count). The van der Waals surface area contributed by atoms with Crippen molar-refractivity contribution < 1.29 is 14.3 Å². The molecule has 1 saturated heterocycles.